The van der Waals surface area contributed by atoms with Crippen molar-refractivity contribution in [1.29, 1.82) is 0 Å². The van der Waals surface area contributed by atoms with E-state index in [-0.39, 0.29) is 29.2 Å². The molecule has 5 unspecified atom stereocenters. The summed E-state index contributed by atoms with van der Waals surface area (Å²) in [5.74, 6) is 0.544. The van der Waals surface area contributed by atoms with E-state index in [4.69, 9.17) is 4.74 Å². The number of hydrogen-bond acceptors (Lipinski definition) is 3. The number of hydrogen-bond donors (Lipinski definition) is 1. The van der Waals surface area contributed by atoms with Crippen molar-refractivity contribution >= 4 is 5.97 Å². The molecule has 4 rings (SSSR count). The first kappa shape index (κ1) is 18.7. The van der Waals surface area contributed by atoms with Crippen LogP contribution in [0.2, 0.25) is 0 Å². The Morgan fingerprint density at radius 1 is 1.33 bits per heavy atom. The lowest BCUT2D eigenvalue weighted by molar-refractivity contribution is -0.146. The zero-order valence-corrected chi connectivity index (χ0v) is 16.2. The van der Waals surface area contributed by atoms with Crippen molar-refractivity contribution < 1.29 is 13.9 Å². The van der Waals surface area contributed by atoms with Crippen molar-refractivity contribution in [3.05, 3.63) is 47.8 Å². The third-order valence-electron chi connectivity index (χ3n) is 7.19. The van der Waals surface area contributed by atoms with Crippen molar-refractivity contribution in [2.45, 2.75) is 51.6 Å². The first-order valence-corrected chi connectivity index (χ1v) is 10.3. The lowest BCUT2D eigenvalue weighted by Gasteiger charge is -2.50. The normalized spacial score (nSPS) is 35.5. The minimum atomic E-state index is -0.208. The highest BCUT2D eigenvalue weighted by Crippen LogP contribution is 2.56. The molecule has 0 aromatic heterocycles. The zero-order chi connectivity index (χ0) is 19.0. The van der Waals surface area contributed by atoms with Crippen LogP contribution >= 0.6 is 0 Å². The predicted molar refractivity (Wildman–Crippen MR) is 104 cm³/mol. The molecule has 0 amide bonds. The van der Waals surface area contributed by atoms with Crippen molar-refractivity contribution in [1.82, 2.24) is 5.32 Å². The van der Waals surface area contributed by atoms with Crippen LogP contribution in [0.4, 0.5) is 4.39 Å². The molecule has 0 spiro atoms. The molecular formula is C23H30FNO2. The molecule has 1 aromatic rings. The van der Waals surface area contributed by atoms with E-state index >= 15 is 0 Å². The first-order chi connectivity index (χ1) is 13.0. The fourth-order valence-corrected chi connectivity index (χ4v) is 5.63. The Bertz CT molecular complexity index is 716. The van der Waals surface area contributed by atoms with Crippen LogP contribution in [0.15, 0.2) is 36.4 Å². The summed E-state index contributed by atoms with van der Waals surface area (Å²) >= 11 is 0. The lowest BCUT2D eigenvalue weighted by atomic mass is 9.55. The predicted octanol–water partition coefficient (Wildman–Crippen LogP) is 4.27. The number of carbonyl (C=O) groups is 1. The van der Waals surface area contributed by atoms with E-state index in [0.29, 0.717) is 18.4 Å². The molecule has 27 heavy (non-hydrogen) atoms. The monoisotopic (exact) mass is 371 g/mol. The summed E-state index contributed by atoms with van der Waals surface area (Å²) in [6.07, 6.45) is 6.49. The molecule has 5 atom stereocenters. The SMILES string of the molecule is C=C1CCCC2(C)CC3OC(=O)C(CNCCc4ccc(F)cc4)C3CC12. The Hall–Kier alpha value is -1.68. The minimum Gasteiger partial charge on any atom is -0.462 e. The average Bonchev–Trinajstić information content (AvgIpc) is 2.92. The quantitative estimate of drug-likeness (QED) is 0.477. The molecule has 1 aliphatic heterocycles. The summed E-state index contributed by atoms with van der Waals surface area (Å²) in [6.45, 7) is 8.15. The summed E-state index contributed by atoms with van der Waals surface area (Å²) in [4.78, 5) is 12.5. The molecule has 1 saturated heterocycles. The van der Waals surface area contributed by atoms with Crippen molar-refractivity contribution in [2.24, 2.45) is 23.2 Å². The summed E-state index contributed by atoms with van der Waals surface area (Å²) in [5.41, 5.74) is 2.73. The Morgan fingerprint density at radius 3 is 2.89 bits per heavy atom. The van der Waals surface area contributed by atoms with Crippen LogP contribution in [0.25, 0.3) is 0 Å². The Morgan fingerprint density at radius 2 is 2.11 bits per heavy atom. The van der Waals surface area contributed by atoms with Crippen LogP contribution < -0.4 is 5.32 Å². The molecule has 3 nitrogen and oxygen atoms in total. The summed E-state index contributed by atoms with van der Waals surface area (Å²) in [6, 6.07) is 6.61. The maximum absolute atomic E-state index is 13.0. The summed E-state index contributed by atoms with van der Waals surface area (Å²) in [5, 5.41) is 3.43. The molecule has 0 radical (unpaired) electrons. The van der Waals surface area contributed by atoms with E-state index in [9.17, 15) is 9.18 Å². The van der Waals surface area contributed by atoms with Crippen LogP contribution in [0.3, 0.4) is 0 Å². The van der Waals surface area contributed by atoms with Crippen molar-refractivity contribution in [3.8, 4) is 0 Å². The van der Waals surface area contributed by atoms with Gasteiger partial charge < -0.3 is 10.1 Å². The first-order valence-electron chi connectivity index (χ1n) is 10.3. The molecule has 146 valence electrons. The molecule has 1 N–H and O–H groups in total. The van der Waals surface area contributed by atoms with Gasteiger partial charge >= 0.3 is 5.97 Å². The highest BCUT2D eigenvalue weighted by molar-refractivity contribution is 5.75. The van der Waals surface area contributed by atoms with E-state index in [0.717, 1.165) is 37.8 Å². The maximum atomic E-state index is 13.0. The number of ether oxygens (including phenoxy) is 1. The van der Waals surface area contributed by atoms with Gasteiger partial charge in [0.05, 0.1) is 5.92 Å². The summed E-state index contributed by atoms with van der Waals surface area (Å²) in [7, 11) is 0. The van der Waals surface area contributed by atoms with Crippen LogP contribution in [0.5, 0.6) is 0 Å². The smallest absolute Gasteiger partial charge is 0.310 e. The third kappa shape index (κ3) is 3.69. The molecule has 0 bridgehead atoms. The number of fused-ring (bicyclic) bond motifs is 2. The fraction of sp³-hybridized carbons (Fsp3) is 0.609. The third-order valence-corrected chi connectivity index (χ3v) is 7.19. The van der Waals surface area contributed by atoms with Gasteiger partial charge in [0.2, 0.25) is 0 Å². The molecule has 1 heterocycles. The van der Waals surface area contributed by atoms with Gasteiger partial charge in [-0.15, -0.1) is 0 Å². The van der Waals surface area contributed by atoms with Gasteiger partial charge in [-0.2, -0.15) is 0 Å². The van der Waals surface area contributed by atoms with Crippen LogP contribution in [0, 0.1) is 29.0 Å². The minimum absolute atomic E-state index is 0.0351. The Balaban J connectivity index is 1.34. The van der Waals surface area contributed by atoms with E-state index in [2.05, 4.69) is 18.8 Å². The van der Waals surface area contributed by atoms with Gasteiger partial charge in [0, 0.05) is 12.5 Å². The largest absolute Gasteiger partial charge is 0.462 e. The lowest BCUT2D eigenvalue weighted by Crippen LogP contribution is -2.45. The Labute approximate surface area is 161 Å². The van der Waals surface area contributed by atoms with Gasteiger partial charge in [-0.05, 0) is 74.1 Å². The van der Waals surface area contributed by atoms with Crippen LogP contribution in [0.1, 0.15) is 44.6 Å². The van der Waals surface area contributed by atoms with E-state index in [1.807, 2.05) is 12.1 Å². The second-order valence-electron chi connectivity index (χ2n) is 8.98. The summed E-state index contributed by atoms with van der Waals surface area (Å²) < 4.78 is 18.8. The van der Waals surface area contributed by atoms with Gasteiger partial charge in [0.25, 0.3) is 0 Å². The van der Waals surface area contributed by atoms with Crippen molar-refractivity contribution in [3.63, 3.8) is 0 Å². The zero-order valence-electron chi connectivity index (χ0n) is 16.2. The highest BCUT2D eigenvalue weighted by Gasteiger charge is 2.54. The second-order valence-corrected chi connectivity index (χ2v) is 8.98. The second kappa shape index (κ2) is 7.38. The molecule has 2 saturated carbocycles. The number of carbonyl (C=O) groups excluding carboxylic acids is 1. The van der Waals surface area contributed by atoms with Gasteiger partial charge in [-0.25, -0.2) is 4.39 Å². The number of esters is 1. The molecule has 3 fully saturated rings. The van der Waals surface area contributed by atoms with Crippen molar-refractivity contribution in [2.75, 3.05) is 13.1 Å². The molecule has 4 heteroatoms. The molecular weight excluding hydrogens is 341 g/mol. The number of rotatable bonds is 5. The fourth-order valence-electron chi connectivity index (χ4n) is 5.63. The van der Waals surface area contributed by atoms with Gasteiger partial charge in [-0.3, -0.25) is 4.79 Å². The van der Waals surface area contributed by atoms with E-state index in [1.165, 1.54) is 30.5 Å². The van der Waals surface area contributed by atoms with Gasteiger partial charge in [-0.1, -0.05) is 31.2 Å². The topological polar surface area (TPSA) is 38.3 Å². The van der Waals surface area contributed by atoms with Gasteiger partial charge in [0.1, 0.15) is 11.9 Å². The number of nitrogens with one attached hydrogen (secondary N) is 1. The number of benzene rings is 1. The van der Waals surface area contributed by atoms with E-state index < -0.39 is 0 Å². The Kier molecular flexibility index (Phi) is 5.11. The maximum Gasteiger partial charge on any atom is 0.310 e. The number of halogens is 1. The molecule has 1 aromatic carbocycles. The van der Waals surface area contributed by atoms with Crippen LogP contribution in [-0.4, -0.2) is 25.2 Å². The standard InChI is InChI=1S/C23H30FNO2/c1-15-4-3-10-23(2)13-21-18(12-20(15)23)19(22(26)27-21)14-25-11-9-16-5-7-17(24)8-6-16/h5-8,18-21,25H,1,3-4,9-14H2,2H3. The highest BCUT2D eigenvalue weighted by atomic mass is 19.1. The van der Waals surface area contributed by atoms with E-state index in [1.54, 1.807) is 0 Å². The van der Waals surface area contributed by atoms with Gasteiger partial charge in [0.15, 0.2) is 0 Å². The molecule has 2 aliphatic carbocycles. The number of allylic oxidation sites excluding steroid dienone is 1. The average molecular weight is 371 g/mol. The molecule has 3 aliphatic rings. The van der Waals surface area contributed by atoms with Crippen LogP contribution in [-0.2, 0) is 16.0 Å².